The number of nitrogens with one attached hydrogen (secondary N) is 1. The lowest BCUT2D eigenvalue weighted by Gasteiger charge is -2.10. The summed E-state index contributed by atoms with van der Waals surface area (Å²) in [7, 11) is 0. The summed E-state index contributed by atoms with van der Waals surface area (Å²) in [5, 5.41) is 2.79. The van der Waals surface area contributed by atoms with Crippen LogP contribution in [0.4, 0.5) is 18.9 Å². The van der Waals surface area contributed by atoms with E-state index in [4.69, 9.17) is 5.73 Å². The first-order chi connectivity index (χ1) is 10.4. The van der Waals surface area contributed by atoms with Crippen molar-refractivity contribution in [3.05, 3.63) is 60.2 Å². The van der Waals surface area contributed by atoms with Crippen molar-refractivity contribution in [1.29, 1.82) is 0 Å². The molecule has 0 heterocycles. The number of benzene rings is 2. The zero-order valence-electron chi connectivity index (χ0n) is 11.5. The van der Waals surface area contributed by atoms with Gasteiger partial charge in [-0.1, -0.05) is 30.3 Å². The van der Waals surface area contributed by atoms with Crippen LogP contribution in [-0.4, -0.2) is 12.3 Å². The molecule has 0 unspecified atom stereocenters. The Hall–Kier alpha value is -2.70. The van der Waals surface area contributed by atoms with E-state index in [1.807, 2.05) is 30.3 Å². The van der Waals surface area contributed by atoms with Crippen LogP contribution in [0.15, 0.2) is 59.6 Å². The predicted octanol–water partition coefficient (Wildman–Crippen LogP) is 3.51. The molecule has 7 heteroatoms. The van der Waals surface area contributed by atoms with Crippen molar-refractivity contribution in [2.45, 2.75) is 12.9 Å². The van der Waals surface area contributed by atoms with Crippen molar-refractivity contribution < 1.29 is 17.9 Å². The van der Waals surface area contributed by atoms with E-state index >= 15 is 0 Å². The Balaban J connectivity index is 1.92. The van der Waals surface area contributed by atoms with Gasteiger partial charge in [-0.15, -0.1) is 13.2 Å². The fourth-order valence-corrected chi connectivity index (χ4v) is 1.69. The normalized spacial score (nSPS) is 12.0. The number of nitrogens with two attached hydrogens (primary N) is 1. The standard InChI is InChI=1S/C15H14F3N3O/c16-15(17,18)22-13-8-6-12(7-9-13)21-14(19)20-10-11-4-2-1-3-5-11/h1-9H,10H2,(H3,19,20,21). The van der Waals surface area contributed by atoms with Gasteiger partial charge in [-0.05, 0) is 29.8 Å². The minimum absolute atomic E-state index is 0.174. The molecule has 0 radical (unpaired) electrons. The van der Waals surface area contributed by atoms with Gasteiger partial charge in [0.2, 0.25) is 0 Å². The van der Waals surface area contributed by atoms with Gasteiger partial charge < -0.3 is 15.8 Å². The number of alkyl halides is 3. The molecule has 2 rings (SSSR count). The third-order valence-electron chi connectivity index (χ3n) is 2.64. The number of guanidine groups is 1. The van der Waals surface area contributed by atoms with Gasteiger partial charge >= 0.3 is 6.36 Å². The van der Waals surface area contributed by atoms with E-state index in [9.17, 15) is 13.2 Å². The van der Waals surface area contributed by atoms with Crippen molar-refractivity contribution in [2.75, 3.05) is 5.32 Å². The van der Waals surface area contributed by atoms with Crippen LogP contribution in [0.2, 0.25) is 0 Å². The quantitative estimate of drug-likeness (QED) is 0.671. The largest absolute Gasteiger partial charge is 0.573 e. The third-order valence-corrected chi connectivity index (χ3v) is 2.64. The number of hydrogen-bond donors (Lipinski definition) is 2. The minimum Gasteiger partial charge on any atom is -0.406 e. The van der Waals surface area contributed by atoms with E-state index < -0.39 is 6.36 Å². The van der Waals surface area contributed by atoms with Crippen LogP contribution >= 0.6 is 0 Å². The molecule has 0 aliphatic heterocycles. The molecule has 0 amide bonds. The molecule has 0 spiro atoms. The van der Waals surface area contributed by atoms with Crippen LogP contribution < -0.4 is 15.8 Å². The molecule has 0 atom stereocenters. The minimum atomic E-state index is -4.70. The Labute approximate surface area is 125 Å². The van der Waals surface area contributed by atoms with Crippen LogP contribution in [0.3, 0.4) is 0 Å². The van der Waals surface area contributed by atoms with Crippen LogP contribution in [-0.2, 0) is 6.54 Å². The predicted molar refractivity (Wildman–Crippen MR) is 78.5 cm³/mol. The van der Waals surface area contributed by atoms with Gasteiger partial charge in [0.1, 0.15) is 5.75 Å². The zero-order valence-corrected chi connectivity index (χ0v) is 11.5. The van der Waals surface area contributed by atoms with Gasteiger partial charge in [-0.25, -0.2) is 4.99 Å². The molecule has 0 fully saturated rings. The fraction of sp³-hybridized carbons (Fsp3) is 0.133. The molecular formula is C15H14F3N3O. The van der Waals surface area contributed by atoms with Crippen molar-refractivity contribution >= 4 is 11.6 Å². The molecular weight excluding hydrogens is 295 g/mol. The van der Waals surface area contributed by atoms with Gasteiger partial charge in [-0.3, -0.25) is 0 Å². The molecule has 0 aliphatic rings. The summed E-state index contributed by atoms with van der Waals surface area (Å²) >= 11 is 0. The molecule has 0 saturated heterocycles. The number of anilines is 1. The molecule has 2 aromatic carbocycles. The molecule has 4 nitrogen and oxygen atoms in total. The molecule has 2 aromatic rings. The number of nitrogens with zero attached hydrogens (tertiary/aromatic N) is 1. The fourth-order valence-electron chi connectivity index (χ4n) is 1.69. The third kappa shape index (κ3) is 5.35. The summed E-state index contributed by atoms with van der Waals surface area (Å²) in [4.78, 5) is 4.14. The number of aliphatic imine (C=N–C) groups is 1. The van der Waals surface area contributed by atoms with E-state index in [0.29, 0.717) is 12.2 Å². The van der Waals surface area contributed by atoms with Crippen LogP contribution in [0, 0.1) is 0 Å². The van der Waals surface area contributed by atoms with Crippen LogP contribution in [0.25, 0.3) is 0 Å². The smallest absolute Gasteiger partial charge is 0.406 e. The summed E-state index contributed by atoms with van der Waals surface area (Å²) in [5.74, 6) is -0.119. The van der Waals surface area contributed by atoms with Gasteiger partial charge in [0.05, 0.1) is 6.54 Å². The van der Waals surface area contributed by atoms with Gasteiger partial charge in [0.15, 0.2) is 5.96 Å². The maximum atomic E-state index is 12.0. The average Bonchev–Trinajstić information content (AvgIpc) is 2.47. The first-order valence-electron chi connectivity index (χ1n) is 6.39. The Kier molecular flexibility index (Phi) is 4.88. The highest BCUT2D eigenvalue weighted by Gasteiger charge is 2.30. The molecule has 22 heavy (non-hydrogen) atoms. The lowest BCUT2D eigenvalue weighted by molar-refractivity contribution is -0.274. The Morgan fingerprint density at radius 2 is 1.68 bits per heavy atom. The second-order valence-corrected chi connectivity index (χ2v) is 4.38. The highest BCUT2D eigenvalue weighted by molar-refractivity contribution is 5.92. The molecule has 0 aromatic heterocycles. The SMILES string of the molecule is NC(=NCc1ccccc1)Nc1ccc(OC(F)(F)F)cc1. The molecule has 3 N–H and O–H groups in total. The Bertz CT molecular complexity index is 625. The second kappa shape index (κ2) is 6.84. The molecule has 0 aliphatic carbocycles. The van der Waals surface area contributed by atoms with Crippen LogP contribution in [0.1, 0.15) is 5.56 Å². The first-order valence-corrected chi connectivity index (χ1v) is 6.39. The van der Waals surface area contributed by atoms with Crippen molar-refractivity contribution in [1.82, 2.24) is 0 Å². The number of halogens is 3. The number of hydrogen-bond acceptors (Lipinski definition) is 2. The monoisotopic (exact) mass is 309 g/mol. The van der Waals surface area contributed by atoms with E-state index in [2.05, 4.69) is 15.0 Å². The summed E-state index contributed by atoms with van der Waals surface area (Å²) in [6.45, 7) is 0.412. The maximum absolute atomic E-state index is 12.0. The zero-order chi connectivity index (χ0) is 16.0. The average molecular weight is 309 g/mol. The molecule has 0 saturated carbocycles. The van der Waals surface area contributed by atoms with E-state index in [-0.39, 0.29) is 11.7 Å². The van der Waals surface area contributed by atoms with Crippen LogP contribution in [0.5, 0.6) is 5.75 Å². The molecule has 0 bridgehead atoms. The van der Waals surface area contributed by atoms with Gasteiger partial charge in [-0.2, -0.15) is 0 Å². The highest BCUT2D eigenvalue weighted by atomic mass is 19.4. The lowest BCUT2D eigenvalue weighted by atomic mass is 10.2. The maximum Gasteiger partial charge on any atom is 0.573 e. The summed E-state index contributed by atoms with van der Waals surface area (Å²) < 4.78 is 39.9. The van der Waals surface area contributed by atoms with Gasteiger partial charge in [0, 0.05) is 5.69 Å². The highest BCUT2D eigenvalue weighted by Crippen LogP contribution is 2.23. The number of rotatable bonds is 4. The van der Waals surface area contributed by atoms with Crippen molar-refractivity contribution in [2.24, 2.45) is 10.7 Å². The lowest BCUT2D eigenvalue weighted by Crippen LogP contribution is -2.22. The topological polar surface area (TPSA) is 59.6 Å². The first kappa shape index (κ1) is 15.7. The number of ether oxygens (including phenoxy) is 1. The second-order valence-electron chi connectivity index (χ2n) is 4.38. The Morgan fingerprint density at radius 3 is 2.27 bits per heavy atom. The summed E-state index contributed by atoms with van der Waals surface area (Å²) in [6.07, 6.45) is -4.70. The van der Waals surface area contributed by atoms with Crippen molar-refractivity contribution in [3.8, 4) is 5.75 Å². The Morgan fingerprint density at radius 1 is 1.05 bits per heavy atom. The van der Waals surface area contributed by atoms with Crippen molar-refractivity contribution in [3.63, 3.8) is 0 Å². The summed E-state index contributed by atoms with van der Waals surface area (Å²) in [6, 6.07) is 14.8. The van der Waals surface area contributed by atoms with E-state index in [1.165, 1.54) is 24.3 Å². The van der Waals surface area contributed by atoms with E-state index in [0.717, 1.165) is 5.56 Å². The van der Waals surface area contributed by atoms with Gasteiger partial charge in [0.25, 0.3) is 0 Å². The van der Waals surface area contributed by atoms with E-state index in [1.54, 1.807) is 0 Å². The molecule has 116 valence electrons. The summed E-state index contributed by atoms with van der Waals surface area (Å²) in [5.41, 5.74) is 7.24.